The maximum atomic E-state index is 12.8. The van der Waals surface area contributed by atoms with Gasteiger partial charge in [0, 0.05) is 64.8 Å². The third-order valence-electron chi connectivity index (χ3n) is 8.37. The smallest absolute Gasteiger partial charge is 0.147 e. The topological polar surface area (TPSA) is 73.6 Å². The first kappa shape index (κ1) is 51.5. The Kier molecular flexibility index (Phi) is 25.7. The van der Waals surface area contributed by atoms with Crippen LogP contribution < -0.4 is 16.4 Å². The molecule has 1 unspecified atom stereocenters. The Morgan fingerprint density at radius 1 is 0.765 bits per heavy atom. The van der Waals surface area contributed by atoms with Gasteiger partial charge in [0.05, 0.1) is 6.54 Å². The number of Topliss-reactive ketones (excluding diaryl/α,β-unsaturated/α-hetero) is 1. The number of carbonyl (C=O) groups excluding carboxylic acids is 1. The highest BCUT2D eigenvalue weighted by atomic mass is 16.1. The van der Waals surface area contributed by atoms with Crippen molar-refractivity contribution in [3.63, 3.8) is 0 Å². The van der Waals surface area contributed by atoms with Crippen molar-refractivity contribution < 1.29 is 4.79 Å². The molecule has 0 spiro atoms. The molecule has 4 N–H and O–H groups in total. The summed E-state index contributed by atoms with van der Waals surface area (Å²) in [7, 11) is 0. The van der Waals surface area contributed by atoms with E-state index in [2.05, 4.69) is 157 Å². The standard InChI is InChI=1S/C31H59N5O.C8H16.C6H14/c1-10-33-13-15-36(24-29(37)21-31(7,8)9)18-17-35(23-25(2)20-30(4,5)6)16-14-34-22-27-19-28(32)12-11-26(27)3;1-7(2)6-8(3,4)5;1-5-6(2,3)4/h11,19,28,33-34H,2,10,12-18,20-24,32H2,1,3-9H3;1,6H2,2-5H3;5H2,1-4H3. The Morgan fingerprint density at radius 2 is 1.24 bits per heavy atom. The zero-order valence-electron chi connectivity index (χ0n) is 37.1. The van der Waals surface area contributed by atoms with Crippen LogP contribution in [0.5, 0.6) is 0 Å². The van der Waals surface area contributed by atoms with E-state index in [1.165, 1.54) is 28.7 Å². The number of rotatable bonds is 19. The predicted molar refractivity (Wildman–Crippen MR) is 230 cm³/mol. The molecular formula is C45H89N5O. The monoisotopic (exact) mass is 716 g/mol. The van der Waals surface area contributed by atoms with Crippen molar-refractivity contribution in [2.45, 2.75) is 149 Å². The summed E-state index contributed by atoms with van der Waals surface area (Å²) < 4.78 is 0. The van der Waals surface area contributed by atoms with Crippen LogP contribution in [0.1, 0.15) is 143 Å². The molecule has 0 aromatic rings. The van der Waals surface area contributed by atoms with Crippen molar-refractivity contribution in [1.82, 2.24) is 20.4 Å². The number of carbonyl (C=O) groups is 1. The van der Waals surface area contributed by atoms with Gasteiger partial charge < -0.3 is 16.4 Å². The lowest BCUT2D eigenvalue weighted by molar-refractivity contribution is -0.121. The van der Waals surface area contributed by atoms with E-state index >= 15 is 0 Å². The third kappa shape index (κ3) is 35.2. The molecule has 0 aromatic carbocycles. The van der Waals surface area contributed by atoms with Crippen LogP contribution in [0.15, 0.2) is 47.6 Å². The largest absolute Gasteiger partial charge is 0.324 e. The summed E-state index contributed by atoms with van der Waals surface area (Å²) in [6.45, 7) is 52.1. The van der Waals surface area contributed by atoms with E-state index < -0.39 is 0 Å². The average Bonchev–Trinajstić information content (AvgIpc) is 2.92. The van der Waals surface area contributed by atoms with Crippen molar-refractivity contribution in [1.29, 1.82) is 0 Å². The number of hydrogen-bond acceptors (Lipinski definition) is 6. The fourth-order valence-electron chi connectivity index (χ4n) is 5.72. The first-order valence-electron chi connectivity index (χ1n) is 20.0. The summed E-state index contributed by atoms with van der Waals surface area (Å²) in [5, 5.41) is 7.05. The molecule has 0 fully saturated rings. The van der Waals surface area contributed by atoms with Gasteiger partial charge in [-0.1, -0.05) is 139 Å². The molecule has 0 radical (unpaired) electrons. The van der Waals surface area contributed by atoms with Gasteiger partial charge in [-0.25, -0.2) is 0 Å². The van der Waals surface area contributed by atoms with Gasteiger partial charge in [0.1, 0.15) is 5.78 Å². The van der Waals surface area contributed by atoms with Crippen LogP contribution in [-0.4, -0.2) is 87.1 Å². The first-order chi connectivity index (χ1) is 23.2. The number of nitrogens with zero attached hydrogens (tertiary/aromatic N) is 2. The van der Waals surface area contributed by atoms with Gasteiger partial charge in [0.25, 0.3) is 0 Å². The molecule has 0 amide bonds. The van der Waals surface area contributed by atoms with Gasteiger partial charge in [0.2, 0.25) is 0 Å². The lowest BCUT2D eigenvalue weighted by Crippen LogP contribution is -2.43. The lowest BCUT2D eigenvalue weighted by atomic mass is 9.88. The Hall–Kier alpha value is -1.57. The molecule has 6 nitrogen and oxygen atoms in total. The number of nitrogens with two attached hydrogens (primary N) is 1. The van der Waals surface area contributed by atoms with Crippen LogP contribution in [0.3, 0.4) is 0 Å². The van der Waals surface area contributed by atoms with E-state index in [0.717, 1.165) is 78.2 Å². The maximum absolute atomic E-state index is 12.8. The minimum Gasteiger partial charge on any atom is -0.324 e. The highest BCUT2D eigenvalue weighted by Gasteiger charge is 2.20. The zero-order valence-corrected chi connectivity index (χ0v) is 37.1. The SMILES string of the molecule is C=C(C)CC(C)(C)C.C=C(CN(CCNCC1=CC(N)CC=C1C)CCN(CCNCC)CC(=O)CC(C)(C)C)CC(C)(C)C.CCC(C)(C)C. The minimum absolute atomic E-state index is 0.0259. The predicted octanol–water partition coefficient (Wildman–Crippen LogP) is 9.83. The van der Waals surface area contributed by atoms with Crippen LogP contribution >= 0.6 is 0 Å². The Labute approximate surface area is 319 Å². The summed E-state index contributed by atoms with van der Waals surface area (Å²) in [4.78, 5) is 17.6. The van der Waals surface area contributed by atoms with Gasteiger partial charge in [-0.05, 0) is 66.9 Å². The van der Waals surface area contributed by atoms with Gasteiger partial charge in [-0.2, -0.15) is 0 Å². The molecule has 1 aliphatic carbocycles. The third-order valence-corrected chi connectivity index (χ3v) is 8.37. The van der Waals surface area contributed by atoms with E-state index in [1.807, 2.05) is 0 Å². The molecule has 1 atom stereocenters. The van der Waals surface area contributed by atoms with Gasteiger partial charge in [-0.3, -0.25) is 14.6 Å². The second kappa shape index (κ2) is 25.4. The highest BCUT2D eigenvalue weighted by Crippen LogP contribution is 2.24. The van der Waals surface area contributed by atoms with Crippen molar-refractivity contribution in [3.05, 3.63) is 47.6 Å². The molecule has 0 saturated carbocycles. The second-order valence-corrected chi connectivity index (χ2v) is 19.9. The number of hydrogen-bond donors (Lipinski definition) is 3. The summed E-state index contributed by atoms with van der Waals surface area (Å²) in [6.07, 6.45) is 9.41. The summed E-state index contributed by atoms with van der Waals surface area (Å²) in [5.74, 6) is 0.330. The fourth-order valence-corrected chi connectivity index (χ4v) is 5.72. The fraction of sp³-hybridized carbons (Fsp3) is 0.800. The molecule has 0 aromatic heterocycles. The summed E-state index contributed by atoms with van der Waals surface area (Å²) in [6, 6.07) is 0.131. The van der Waals surface area contributed by atoms with Gasteiger partial charge >= 0.3 is 0 Å². The molecule has 1 aliphatic rings. The molecule has 51 heavy (non-hydrogen) atoms. The first-order valence-corrected chi connectivity index (χ1v) is 20.0. The van der Waals surface area contributed by atoms with Gasteiger partial charge in [0.15, 0.2) is 0 Å². The van der Waals surface area contributed by atoms with E-state index in [-0.39, 0.29) is 16.9 Å². The number of likely N-dealkylation sites (N-methyl/N-ethyl adjacent to an activating group) is 1. The number of allylic oxidation sites excluding steroid dienone is 1. The second-order valence-electron chi connectivity index (χ2n) is 19.9. The van der Waals surface area contributed by atoms with E-state index in [0.29, 0.717) is 29.6 Å². The van der Waals surface area contributed by atoms with Crippen molar-refractivity contribution in [3.8, 4) is 0 Å². The van der Waals surface area contributed by atoms with Crippen LogP contribution in [0.2, 0.25) is 0 Å². The molecule has 0 bridgehead atoms. The van der Waals surface area contributed by atoms with Crippen LogP contribution in [0.25, 0.3) is 0 Å². The van der Waals surface area contributed by atoms with Crippen LogP contribution in [0.4, 0.5) is 0 Å². The molecule has 300 valence electrons. The van der Waals surface area contributed by atoms with Crippen molar-refractivity contribution in [2.75, 3.05) is 65.4 Å². The van der Waals surface area contributed by atoms with Crippen LogP contribution in [-0.2, 0) is 4.79 Å². The minimum atomic E-state index is 0.0259. The summed E-state index contributed by atoms with van der Waals surface area (Å²) >= 11 is 0. The lowest BCUT2D eigenvalue weighted by Gasteiger charge is -2.30. The molecular weight excluding hydrogens is 627 g/mol. The number of nitrogens with one attached hydrogen (secondary N) is 2. The molecule has 0 aliphatic heterocycles. The highest BCUT2D eigenvalue weighted by molar-refractivity contribution is 5.81. The Bertz CT molecular complexity index is 1040. The maximum Gasteiger partial charge on any atom is 0.147 e. The zero-order chi connectivity index (χ0) is 40.1. The van der Waals surface area contributed by atoms with Crippen LogP contribution in [0, 0.1) is 21.7 Å². The van der Waals surface area contributed by atoms with Crippen molar-refractivity contribution in [2.24, 2.45) is 27.4 Å². The average molecular weight is 716 g/mol. The normalized spacial score (nSPS) is 15.4. The van der Waals surface area contributed by atoms with Crippen molar-refractivity contribution >= 4 is 5.78 Å². The Balaban J connectivity index is 0. The van der Waals surface area contributed by atoms with E-state index in [1.54, 1.807) is 0 Å². The quantitative estimate of drug-likeness (QED) is 0.0914. The molecule has 6 heteroatoms. The number of ketones is 1. The summed E-state index contributed by atoms with van der Waals surface area (Å²) in [5.41, 5.74) is 12.5. The molecule has 1 rings (SSSR count). The van der Waals surface area contributed by atoms with Gasteiger partial charge in [-0.15, -0.1) is 6.58 Å². The van der Waals surface area contributed by atoms with E-state index in [9.17, 15) is 4.79 Å². The molecule has 0 heterocycles. The Morgan fingerprint density at radius 3 is 1.65 bits per heavy atom. The molecule has 0 saturated heterocycles. The van der Waals surface area contributed by atoms with E-state index in [4.69, 9.17) is 5.73 Å².